The molecule has 0 radical (unpaired) electrons. The van der Waals surface area contributed by atoms with Crippen LogP contribution in [0.1, 0.15) is 18.9 Å². The molecule has 19 heavy (non-hydrogen) atoms. The van der Waals surface area contributed by atoms with Crippen LogP contribution in [-0.4, -0.2) is 44.7 Å². The lowest BCUT2D eigenvalue weighted by atomic mass is 9.87. The van der Waals surface area contributed by atoms with E-state index in [-0.39, 0.29) is 18.4 Å². The summed E-state index contributed by atoms with van der Waals surface area (Å²) in [6, 6.07) is 11.1. The summed E-state index contributed by atoms with van der Waals surface area (Å²) < 4.78 is 1.85. The number of piperidine rings is 1. The number of nitrogens with zero attached hydrogens (tertiary/aromatic N) is 1. The predicted octanol–water partition coefficient (Wildman–Crippen LogP) is 0.447. The summed E-state index contributed by atoms with van der Waals surface area (Å²) in [5.74, 6) is 0.810. The molecule has 4 heteroatoms. The van der Waals surface area contributed by atoms with E-state index in [1.54, 1.807) is 0 Å². The third-order valence-electron chi connectivity index (χ3n) is 4.18. The van der Waals surface area contributed by atoms with E-state index in [0.29, 0.717) is 18.9 Å². The molecular weight excluding hydrogens is 254 g/mol. The van der Waals surface area contributed by atoms with Crippen molar-refractivity contribution in [2.24, 2.45) is 11.8 Å². The highest BCUT2D eigenvalue weighted by Crippen LogP contribution is 2.25. The van der Waals surface area contributed by atoms with Crippen molar-refractivity contribution >= 4 is 21.9 Å². The molecule has 2 rings (SSSR count). The third kappa shape index (κ3) is 3.01. The first-order valence-corrected chi connectivity index (χ1v) is 8.39. The van der Waals surface area contributed by atoms with Crippen molar-refractivity contribution in [2.45, 2.75) is 19.4 Å². The molecule has 0 saturated carbocycles. The largest absolute Gasteiger partial charge is 0.396 e. The Kier molecular flexibility index (Phi) is 4.66. The SMILES string of the molecule is CC(c1ccccc1)=[N+]1CC(CO)C(C[SiH3])CC1=O. The quantitative estimate of drug-likeness (QED) is 0.643. The Hall–Kier alpha value is -1.26. The summed E-state index contributed by atoms with van der Waals surface area (Å²) in [5, 5.41) is 9.52. The van der Waals surface area contributed by atoms with E-state index < -0.39 is 0 Å². The van der Waals surface area contributed by atoms with Gasteiger partial charge in [0.2, 0.25) is 0 Å². The second kappa shape index (κ2) is 6.26. The lowest BCUT2D eigenvalue weighted by molar-refractivity contribution is -0.470. The summed E-state index contributed by atoms with van der Waals surface area (Å²) in [7, 11) is 1.09. The molecule has 2 atom stereocenters. The van der Waals surface area contributed by atoms with Crippen LogP contribution in [-0.2, 0) is 4.79 Å². The van der Waals surface area contributed by atoms with Gasteiger partial charge in [0.25, 0.3) is 0 Å². The zero-order chi connectivity index (χ0) is 13.8. The number of hydrogen-bond donors (Lipinski definition) is 1. The summed E-state index contributed by atoms with van der Waals surface area (Å²) in [5.41, 5.74) is 2.08. The molecule has 102 valence electrons. The number of aliphatic hydroxyl groups excluding tert-OH is 1. The minimum absolute atomic E-state index is 0.179. The highest BCUT2D eigenvalue weighted by Gasteiger charge is 2.38. The minimum Gasteiger partial charge on any atom is -0.396 e. The Morgan fingerprint density at radius 1 is 1.37 bits per heavy atom. The number of aliphatic hydroxyl groups is 1. The maximum Gasteiger partial charge on any atom is 0.387 e. The van der Waals surface area contributed by atoms with Gasteiger partial charge in [-0.1, -0.05) is 24.2 Å². The molecule has 0 aliphatic carbocycles. The van der Waals surface area contributed by atoms with E-state index in [4.69, 9.17) is 0 Å². The molecule has 3 nitrogen and oxygen atoms in total. The molecule has 0 aromatic heterocycles. The minimum atomic E-state index is 0.179. The molecule has 1 saturated heterocycles. The first-order valence-electron chi connectivity index (χ1n) is 6.97. The van der Waals surface area contributed by atoms with Crippen molar-refractivity contribution < 1.29 is 14.5 Å². The van der Waals surface area contributed by atoms with Crippen LogP contribution in [0.25, 0.3) is 0 Å². The van der Waals surface area contributed by atoms with Crippen LogP contribution in [0.4, 0.5) is 0 Å². The van der Waals surface area contributed by atoms with Gasteiger partial charge in [0.05, 0.1) is 13.0 Å². The average Bonchev–Trinajstić information content (AvgIpc) is 2.47. The zero-order valence-corrected chi connectivity index (χ0v) is 13.7. The van der Waals surface area contributed by atoms with E-state index >= 15 is 0 Å². The summed E-state index contributed by atoms with van der Waals surface area (Å²) in [6.45, 7) is 2.82. The molecule has 1 aromatic rings. The van der Waals surface area contributed by atoms with Gasteiger partial charge in [-0.3, -0.25) is 0 Å². The topological polar surface area (TPSA) is 40.3 Å². The van der Waals surface area contributed by atoms with Gasteiger partial charge in [0.15, 0.2) is 12.3 Å². The monoisotopic (exact) mass is 276 g/mol. The number of rotatable bonds is 3. The molecule has 1 heterocycles. The van der Waals surface area contributed by atoms with E-state index in [1.165, 1.54) is 0 Å². The molecule has 1 fully saturated rings. The molecule has 0 bridgehead atoms. The maximum absolute atomic E-state index is 12.3. The standard InChI is InChI=1S/C15H22NO2Si/c1-11(12-5-3-2-4-6-12)16-8-14(9-17)13(10-19)7-15(16)18/h2-6,13-14,17H,7-10H2,1,19H3/q+1. The Bertz CT molecular complexity index is 484. The van der Waals surface area contributed by atoms with Gasteiger partial charge < -0.3 is 5.11 Å². The van der Waals surface area contributed by atoms with Gasteiger partial charge in [-0.2, -0.15) is 4.58 Å². The molecule has 0 spiro atoms. The summed E-state index contributed by atoms with van der Waals surface area (Å²) >= 11 is 0. The Morgan fingerprint density at radius 3 is 2.63 bits per heavy atom. The van der Waals surface area contributed by atoms with Gasteiger partial charge in [-0.25, -0.2) is 4.79 Å². The number of amides is 1. The fourth-order valence-electron chi connectivity index (χ4n) is 2.83. The van der Waals surface area contributed by atoms with Crippen LogP contribution >= 0.6 is 0 Å². The molecule has 1 aliphatic heterocycles. The Labute approximate surface area is 117 Å². The van der Waals surface area contributed by atoms with Crippen molar-refractivity contribution in [1.29, 1.82) is 0 Å². The van der Waals surface area contributed by atoms with Crippen LogP contribution in [0.5, 0.6) is 0 Å². The predicted molar refractivity (Wildman–Crippen MR) is 79.8 cm³/mol. The Balaban J connectivity index is 2.31. The van der Waals surface area contributed by atoms with Crippen molar-refractivity contribution in [3.05, 3.63) is 35.9 Å². The van der Waals surface area contributed by atoms with Crippen LogP contribution in [0.15, 0.2) is 30.3 Å². The van der Waals surface area contributed by atoms with Crippen LogP contribution in [0, 0.1) is 11.8 Å². The van der Waals surface area contributed by atoms with Gasteiger partial charge >= 0.3 is 5.91 Å². The highest BCUT2D eigenvalue weighted by molar-refractivity contribution is 6.08. The van der Waals surface area contributed by atoms with Crippen molar-refractivity contribution in [1.82, 2.24) is 0 Å². The molecule has 1 aromatic carbocycles. The maximum atomic E-state index is 12.3. The van der Waals surface area contributed by atoms with E-state index in [2.05, 4.69) is 0 Å². The van der Waals surface area contributed by atoms with Gasteiger partial charge in [-0.05, 0) is 18.1 Å². The third-order valence-corrected chi connectivity index (χ3v) is 5.23. The van der Waals surface area contributed by atoms with Crippen LogP contribution < -0.4 is 0 Å². The first kappa shape index (κ1) is 14.2. The second-order valence-corrected chi connectivity index (χ2v) is 6.09. The smallest absolute Gasteiger partial charge is 0.387 e. The lowest BCUT2D eigenvalue weighted by Crippen LogP contribution is -2.42. The summed E-state index contributed by atoms with van der Waals surface area (Å²) in [6.07, 6.45) is 0.582. The summed E-state index contributed by atoms with van der Waals surface area (Å²) in [4.78, 5) is 12.3. The first-order chi connectivity index (χ1) is 9.17. The van der Waals surface area contributed by atoms with Crippen molar-refractivity contribution in [3.63, 3.8) is 0 Å². The number of hydrogen-bond acceptors (Lipinski definition) is 2. The molecule has 1 N–H and O–H groups in total. The second-order valence-electron chi connectivity index (χ2n) is 5.27. The van der Waals surface area contributed by atoms with E-state index in [9.17, 15) is 9.90 Å². The van der Waals surface area contributed by atoms with E-state index in [0.717, 1.165) is 27.6 Å². The number of carbonyl (C=O) groups is 1. The average molecular weight is 276 g/mol. The lowest BCUT2D eigenvalue weighted by Gasteiger charge is -2.26. The van der Waals surface area contributed by atoms with Crippen LogP contribution in [0.2, 0.25) is 6.04 Å². The molecule has 1 aliphatic rings. The highest BCUT2D eigenvalue weighted by atomic mass is 28.1. The normalized spacial score (nSPS) is 26.5. The van der Waals surface area contributed by atoms with E-state index in [1.807, 2.05) is 41.8 Å². The zero-order valence-electron chi connectivity index (χ0n) is 11.7. The van der Waals surface area contributed by atoms with Crippen molar-refractivity contribution in [3.8, 4) is 0 Å². The Morgan fingerprint density at radius 2 is 2.05 bits per heavy atom. The fraction of sp³-hybridized carbons (Fsp3) is 0.467. The van der Waals surface area contributed by atoms with Gasteiger partial charge in [-0.15, -0.1) is 0 Å². The molecular formula is C15H22NO2Si+. The molecule has 1 amide bonds. The molecule has 2 unspecified atom stereocenters. The van der Waals surface area contributed by atoms with Gasteiger partial charge in [0.1, 0.15) is 0 Å². The number of carbonyl (C=O) groups excluding carboxylic acids is 1. The fourth-order valence-corrected chi connectivity index (χ4v) is 3.79. The van der Waals surface area contributed by atoms with Crippen LogP contribution in [0.3, 0.4) is 0 Å². The van der Waals surface area contributed by atoms with Crippen molar-refractivity contribution in [2.75, 3.05) is 13.2 Å². The van der Waals surface area contributed by atoms with Gasteiger partial charge in [0, 0.05) is 28.6 Å². The number of benzene rings is 1.